The third-order valence-electron chi connectivity index (χ3n) is 4.46. The average molecular weight is 442 g/mol. The lowest BCUT2D eigenvalue weighted by Gasteiger charge is -2.18. The zero-order valence-electron chi connectivity index (χ0n) is 17.2. The van der Waals surface area contributed by atoms with Gasteiger partial charge in [-0.05, 0) is 32.0 Å². The van der Waals surface area contributed by atoms with Gasteiger partial charge in [0.25, 0.3) is 0 Å². The van der Waals surface area contributed by atoms with Crippen LogP contribution < -0.4 is 10.6 Å². The minimum absolute atomic E-state index is 0.191. The fourth-order valence-electron chi connectivity index (χ4n) is 2.84. The largest absolute Gasteiger partial charge is 0.341 e. The van der Waals surface area contributed by atoms with Crippen molar-refractivity contribution in [3.05, 3.63) is 18.2 Å². The summed E-state index contributed by atoms with van der Waals surface area (Å²) in [5.74, 6) is -0.436. The van der Waals surface area contributed by atoms with Crippen molar-refractivity contribution in [1.29, 1.82) is 0 Å². The summed E-state index contributed by atoms with van der Waals surface area (Å²) in [6.07, 6.45) is 0. The van der Waals surface area contributed by atoms with Crippen molar-refractivity contribution in [3.63, 3.8) is 0 Å². The topological polar surface area (TPSA) is 113 Å². The molecular formula is C18H27N5O4S2. The number of aryl methyl sites for hydroxylation is 1. The quantitative estimate of drug-likeness (QED) is 0.606. The summed E-state index contributed by atoms with van der Waals surface area (Å²) in [5, 5.41) is 4.60. The van der Waals surface area contributed by atoms with Gasteiger partial charge in [0.1, 0.15) is 0 Å². The number of hydrogen-bond donors (Lipinski definition) is 2. The van der Waals surface area contributed by atoms with Gasteiger partial charge in [-0.25, -0.2) is 18.2 Å². The van der Waals surface area contributed by atoms with Crippen LogP contribution >= 0.6 is 11.8 Å². The van der Waals surface area contributed by atoms with E-state index in [9.17, 15) is 18.0 Å². The van der Waals surface area contributed by atoms with Crippen molar-refractivity contribution in [2.45, 2.75) is 49.5 Å². The molecule has 1 unspecified atom stereocenters. The first kappa shape index (κ1) is 23.2. The zero-order valence-corrected chi connectivity index (χ0v) is 18.9. The highest BCUT2D eigenvalue weighted by molar-refractivity contribution is 8.00. The Morgan fingerprint density at radius 3 is 2.45 bits per heavy atom. The number of carbonyl (C=O) groups is 2. The third kappa shape index (κ3) is 4.90. The second kappa shape index (κ2) is 9.59. The number of amides is 3. The molecule has 0 saturated heterocycles. The van der Waals surface area contributed by atoms with Crippen LogP contribution in [0.2, 0.25) is 0 Å². The number of sulfonamides is 1. The first-order valence-electron chi connectivity index (χ1n) is 9.39. The van der Waals surface area contributed by atoms with E-state index in [4.69, 9.17) is 0 Å². The van der Waals surface area contributed by atoms with Gasteiger partial charge in [0, 0.05) is 26.7 Å². The number of benzene rings is 1. The van der Waals surface area contributed by atoms with Gasteiger partial charge in [0.05, 0.1) is 21.2 Å². The molecule has 0 spiro atoms. The van der Waals surface area contributed by atoms with Crippen LogP contribution in [0, 0.1) is 0 Å². The van der Waals surface area contributed by atoms with E-state index in [2.05, 4.69) is 15.6 Å². The number of carbonyl (C=O) groups excluding carboxylic acids is 2. The highest BCUT2D eigenvalue weighted by atomic mass is 32.2. The van der Waals surface area contributed by atoms with Crippen molar-refractivity contribution in [1.82, 2.24) is 24.5 Å². The average Bonchev–Trinajstić information content (AvgIpc) is 3.04. The van der Waals surface area contributed by atoms with Crippen LogP contribution in [-0.4, -0.2) is 59.6 Å². The Morgan fingerprint density at radius 1 is 1.24 bits per heavy atom. The molecule has 1 aromatic carbocycles. The van der Waals surface area contributed by atoms with Crippen molar-refractivity contribution in [3.8, 4) is 0 Å². The van der Waals surface area contributed by atoms with E-state index in [1.54, 1.807) is 39.0 Å². The van der Waals surface area contributed by atoms with Crippen LogP contribution in [0.5, 0.6) is 0 Å². The number of nitrogens with one attached hydrogen (secondary N) is 2. The summed E-state index contributed by atoms with van der Waals surface area (Å²) < 4.78 is 28.9. The molecule has 1 aromatic heterocycles. The maximum Gasteiger partial charge on any atom is 0.321 e. The van der Waals surface area contributed by atoms with Crippen LogP contribution in [0.15, 0.2) is 28.3 Å². The molecule has 9 nitrogen and oxygen atoms in total. The van der Waals surface area contributed by atoms with Gasteiger partial charge in [-0.15, -0.1) is 0 Å². The highest BCUT2D eigenvalue weighted by Gasteiger charge is 2.24. The monoisotopic (exact) mass is 441 g/mol. The molecule has 2 aromatic rings. The first-order chi connectivity index (χ1) is 13.7. The van der Waals surface area contributed by atoms with E-state index in [1.165, 1.54) is 23.1 Å². The van der Waals surface area contributed by atoms with Gasteiger partial charge in [-0.2, -0.15) is 4.31 Å². The molecule has 29 heavy (non-hydrogen) atoms. The smallest absolute Gasteiger partial charge is 0.321 e. The Morgan fingerprint density at radius 2 is 1.90 bits per heavy atom. The Kier molecular flexibility index (Phi) is 7.66. The molecule has 0 aliphatic carbocycles. The number of urea groups is 1. The molecule has 0 fully saturated rings. The lowest BCUT2D eigenvalue weighted by Crippen LogP contribution is -2.41. The van der Waals surface area contributed by atoms with E-state index >= 15 is 0 Å². The summed E-state index contributed by atoms with van der Waals surface area (Å²) in [7, 11) is -2.16. The van der Waals surface area contributed by atoms with Gasteiger partial charge in [0.15, 0.2) is 5.16 Å². The Bertz CT molecular complexity index is 999. The Balaban J connectivity index is 2.39. The molecule has 0 aliphatic rings. The lowest BCUT2D eigenvalue weighted by atomic mass is 10.3. The number of aromatic nitrogens is 2. The molecule has 11 heteroatoms. The number of imide groups is 1. The van der Waals surface area contributed by atoms with Crippen molar-refractivity contribution in [2.24, 2.45) is 0 Å². The second-order valence-corrected chi connectivity index (χ2v) is 9.45. The standard InChI is InChI=1S/C18H27N5O4S2/c1-6-22(7-2)29(26,27)13-9-10-15-14(11-13)20-18(23(15)8-3)28-12(4)16(24)21-17(25)19-5/h9-12H,6-8H2,1-5H3,(H2,19,21,24,25). The molecule has 0 aliphatic heterocycles. The predicted octanol–water partition coefficient (Wildman–Crippen LogP) is 2.02. The van der Waals surface area contributed by atoms with Crippen LogP contribution in [0.4, 0.5) is 4.79 Å². The number of imidazole rings is 1. The molecule has 2 rings (SSSR count). The van der Waals surface area contributed by atoms with Crippen LogP contribution in [0.25, 0.3) is 11.0 Å². The van der Waals surface area contributed by atoms with Gasteiger partial charge >= 0.3 is 6.03 Å². The molecule has 2 N–H and O–H groups in total. The molecule has 1 heterocycles. The number of rotatable bonds is 8. The molecule has 3 amide bonds. The lowest BCUT2D eigenvalue weighted by molar-refractivity contribution is -0.119. The van der Waals surface area contributed by atoms with E-state index < -0.39 is 27.2 Å². The maximum atomic E-state index is 12.8. The highest BCUT2D eigenvalue weighted by Crippen LogP contribution is 2.29. The summed E-state index contributed by atoms with van der Waals surface area (Å²) >= 11 is 1.21. The normalized spacial score (nSPS) is 12.9. The van der Waals surface area contributed by atoms with Crippen LogP contribution in [-0.2, 0) is 21.4 Å². The van der Waals surface area contributed by atoms with Crippen LogP contribution in [0.1, 0.15) is 27.7 Å². The summed E-state index contributed by atoms with van der Waals surface area (Å²) in [5.41, 5.74) is 1.33. The zero-order chi connectivity index (χ0) is 21.8. The maximum absolute atomic E-state index is 12.8. The molecule has 1 atom stereocenters. The minimum Gasteiger partial charge on any atom is -0.341 e. The van der Waals surface area contributed by atoms with E-state index in [0.717, 1.165) is 5.52 Å². The predicted molar refractivity (Wildman–Crippen MR) is 113 cm³/mol. The number of fused-ring (bicyclic) bond motifs is 1. The van der Waals surface area contributed by atoms with Gasteiger partial charge in [-0.3, -0.25) is 10.1 Å². The molecule has 0 saturated carbocycles. The van der Waals surface area contributed by atoms with Gasteiger partial charge in [0.2, 0.25) is 15.9 Å². The molecule has 160 valence electrons. The summed E-state index contributed by atoms with van der Waals surface area (Å²) in [6, 6.07) is 4.31. The van der Waals surface area contributed by atoms with Crippen molar-refractivity contribution < 1.29 is 18.0 Å². The number of nitrogens with zero attached hydrogens (tertiary/aromatic N) is 3. The second-order valence-electron chi connectivity index (χ2n) is 6.21. The Labute approximate surface area is 175 Å². The first-order valence-corrected chi connectivity index (χ1v) is 11.7. The van der Waals surface area contributed by atoms with E-state index in [1.807, 2.05) is 11.5 Å². The molecule has 0 bridgehead atoms. The number of hydrogen-bond acceptors (Lipinski definition) is 6. The van der Waals surface area contributed by atoms with E-state index in [0.29, 0.717) is 30.3 Å². The molecule has 0 radical (unpaired) electrons. The van der Waals surface area contributed by atoms with E-state index in [-0.39, 0.29) is 4.90 Å². The fourth-order valence-corrected chi connectivity index (χ4v) is 5.31. The summed E-state index contributed by atoms with van der Waals surface area (Å²) in [4.78, 5) is 28.2. The SMILES string of the molecule is CCN(CC)S(=O)(=O)c1ccc2c(c1)nc(SC(C)C(=O)NC(=O)NC)n2CC. The fraction of sp³-hybridized carbons (Fsp3) is 0.500. The number of thioether (sulfide) groups is 1. The van der Waals surface area contributed by atoms with Gasteiger partial charge < -0.3 is 9.88 Å². The third-order valence-corrected chi connectivity index (χ3v) is 7.60. The Hall–Kier alpha value is -2.11. The van der Waals surface area contributed by atoms with Crippen molar-refractivity contribution in [2.75, 3.05) is 20.1 Å². The van der Waals surface area contributed by atoms with Gasteiger partial charge in [-0.1, -0.05) is 25.6 Å². The minimum atomic E-state index is -3.59. The molecular weight excluding hydrogens is 414 g/mol. The van der Waals surface area contributed by atoms with Crippen LogP contribution in [0.3, 0.4) is 0 Å². The van der Waals surface area contributed by atoms with Crippen molar-refractivity contribution >= 4 is 44.8 Å². The summed E-state index contributed by atoms with van der Waals surface area (Å²) in [6.45, 7) is 8.60.